The Morgan fingerprint density at radius 1 is 0.789 bits per heavy atom. The van der Waals surface area contributed by atoms with Gasteiger partial charge in [-0.05, 0) is 6.42 Å². The first-order chi connectivity index (χ1) is 9.31. The quantitative estimate of drug-likeness (QED) is 0.343. The third kappa shape index (κ3) is 15.9. The number of rotatable bonds is 14. The van der Waals surface area contributed by atoms with E-state index in [-0.39, 0.29) is 5.91 Å². The molecule has 2 nitrogen and oxygen atoms in total. The van der Waals surface area contributed by atoms with E-state index in [1.165, 1.54) is 70.6 Å². The summed E-state index contributed by atoms with van der Waals surface area (Å²) in [5.74, 6) is 0.100. The molecule has 0 aromatic heterocycles. The van der Waals surface area contributed by atoms with Gasteiger partial charge in [0.2, 0.25) is 5.91 Å². The molecule has 0 spiro atoms. The van der Waals surface area contributed by atoms with Crippen LogP contribution in [0.15, 0.2) is 0 Å². The summed E-state index contributed by atoms with van der Waals surface area (Å²) in [4.78, 5) is 11.0. The number of hydrogen-bond donors (Lipinski definition) is 1. The molecule has 1 amide bonds. The highest BCUT2D eigenvalue weighted by Crippen LogP contribution is 2.11. The average molecular weight is 334 g/mol. The Labute approximate surface area is 128 Å². The minimum absolute atomic E-state index is 0.100. The van der Waals surface area contributed by atoms with E-state index in [0.717, 1.165) is 13.0 Å². The fourth-order valence-electron chi connectivity index (χ4n) is 2.24. The minimum atomic E-state index is 0.100. The van der Waals surface area contributed by atoms with Crippen LogP contribution >= 0.6 is 15.9 Å². The van der Waals surface area contributed by atoms with E-state index < -0.39 is 0 Å². The molecule has 114 valence electrons. The van der Waals surface area contributed by atoms with E-state index >= 15 is 0 Å². The Morgan fingerprint density at radius 3 is 1.63 bits per heavy atom. The van der Waals surface area contributed by atoms with Crippen molar-refractivity contribution in [2.75, 3.05) is 11.9 Å². The predicted molar refractivity (Wildman–Crippen MR) is 87.9 cm³/mol. The topological polar surface area (TPSA) is 29.1 Å². The van der Waals surface area contributed by atoms with Crippen LogP contribution in [0.1, 0.15) is 84.0 Å². The van der Waals surface area contributed by atoms with Gasteiger partial charge in [-0.15, -0.1) is 0 Å². The van der Waals surface area contributed by atoms with Gasteiger partial charge in [-0.3, -0.25) is 4.79 Å². The molecule has 0 saturated heterocycles. The summed E-state index contributed by atoms with van der Waals surface area (Å²) in [6, 6.07) is 0. The number of amides is 1. The van der Waals surface area contributed by atoms with Crippen LogP contribution in [0.4, 0.5) is 0 Å². The normalized spacial score (nSPS) is 10.6. The van der Waals surface area contributed by atoms with Crippen LogP contribution in [0.2, 0.25) is 0 Å². The smallest absolute Gasteiger partial charge is 0.230 e. The first-order valence-electron chi connectivity index (χ1n) is 8.14. The van der Waals surface area contributed by atoms with Crippen molar-refractivity contribution in [1.29, 1.82) is 0 Å². The Kier molecular flexibility index (Phi) is 16.0. The number of nitrogens with one attached hydrogen (secondary N) is 1. The number of halogens is 1. The molecule has 0 aromatic carbocycles. The highest BCUT2D eigenvalue weighted by atomic mass is 79.9. The van der Waals surface area contributed by atoms with E-state index in [1.807, 2.05) is 0 Å². The maximum atomic E-state index is 11.0. The lowest BCUT2D eigenvalue weighted by atomic mass is 10.1. The highest BCUT2D eigenvalue weighted by Gasteiger charge is 1.96. The molecule has 0 aliphatic rings. The Hall–Kier alpha value is -0.0500. The van der Waals surface area contributed by atoms with Crippen LogP contribution in [0.5, 0.6) is 0 Å². The van der Waals surface area contributed by atoms with Crippen LogP contribution in [-0.4, -0.2) is 17.8 Å². The molecule has 0 aliphatic heterocycles. The molecule has 0 saturated carbocycles. The summed E-state index contributed by atoms with van der Waals surface area (Å²) >= 11 is 3.14. The molecule has 0 atom stereocenters. The van der Waals surface area contributed by atoms with Gasteiger partial charge in [-0.25, -0.2) is 0 Å². The van der Waals surface area contributed by atoms with Crippen LogP contribution in [0.25, 0.3) is 0 Å². The van der Waals surface area contributed by atoms with Gasteiger partial charge in [-0.1, -0.05) is 93.5 Å². The third-order valence-electron chi connectivity index (χ3n) is 3.47. The number of unbranched alkanes of at least 4 members (excludes halogenated alkanes) is 11. The van der Waals surface area contributed by atoms with Crippen molar-refractivity contribution in [2.45, 2.75) is 84.0 Å². The SMILES string of the molecule is CCCCCCCCCCCCCCNC(=O)CBr. The summed E-state index contributed by atoms with van der Waals surface area (Å²) in [5.41, 5.74) is 0. The standard InChI is InChI=1S/C16H32BrNO/c1-2-3-4-5-6-7-8-9-10-11-12-13-14-18-16(19)15-17/h2-15H2,1H3,(H,18,19). The molecule has 19 heavy (non-hydrogen) atoms. The van der Waals surface area contributed by atoms with Crippen LogP contribution < -0.4 is 5.32 Å². The Bertz CT molecular complexity index is 197. The molecular weight excluding hydrogens is 302 g/mol. The van der Waals surface area contributed by atoms with Gasteiger partial charge < -0.3 is 5.32 Å². The van der Waals surface area contributed by atoms with Crippen LogP contribution in [0, 0.1) is 0 Å². The summed E-state index contributed by atoms with van der Waals surface area (Å²) in [5, 5.41) is 3.30. The lowest BCUT2D eigenvalue weighted by Gasteiger charge is -2.04. The van der Waals surface area contributed by atoms with E-state index in [4.69, 9.17) is 0 Å². The fourth-order valence-corrected chi connectivity index (χ4v) is 2.44. The second-order valence-corrected chi connectivity index (χ2v) is 5.93. The molecule has 1 N–H and O–H groups in total. The first-order valence-corrected chi connectivity index (χ1v) is 9.26. The average Bonchev–Trinajstić information content (AvgIpc) is 2.43. The van der Waals surface area contributed by atoms with Gasteiger partial charge in [0.05, 0.1) is 5.33 Å². The summed E-state index contributed by atoms with van der Waals surface area (Å²) in [6.45, 7) is 3.10. The fraction of sp³-hybridized carbons (Fsp3) is 0.938. The van der Waals surface area contributed by atoms with Crippen molar-refractivity contribution in [3.05, 3.63) is 0 Å². The largest absolute Gasteiger partial charge is 0.355 e. The van der Waals surface area contributed by atoms with E-state index in [2.05, 4.69) is 28.2 Å². The van der Waals surface area contributed by atoms with Crippen molar-refractivity contribution < 1.29 is 4.79 Å². The molecule has 0 radical (unpaired) electrons. The lowest BCUT2D eigenvalue weighted by molar-refractivity contribution is -0.118. The van der Waals surface area contributed by atoms with Crippen molar-refractivity contribution >= 4 is 21.8 Å². The molecule has 0 rings (SSSR count). The molecule has 0 heterocycles. The van der Waals surface area contributed by atoms with Gasteiger partial charge in [0.1, 0.15) is 0 Å². The zero-order valence-corrected chi connectivity index (χ0v) is 14.3. The molecule has 0 aliphatic carbocycles. The van der Waals surface area contributed by atoms with E-state index in [9.17, 15) is 4.79 Å². The molecule has 0 bridgehead atoms. The zero-order valence-electron chi connectivity index (χ0n) is 12.7. The van der Waals surface area contributed by atoms with Crippen molar-refractivity contribution in [3.8, 4) is 0 Å². The molecule has 3 heteroatoms. The maximum Gasteiger partial charge on any atom is 0.230 e. The minimum Gasteiger partial charge on any atom is -0.355 e. The van der Waals surface area contributed by atoms with Gasteiger partial charge in [0, 0.05) is 6.54 Å². The van der Waals surface area contributed by atoms with Gasteiger partial charge in [-0.2, -0.15) is 0 Å². The Morgan fingerprint density at radius 2 is 1.21 bits per heavy atom. The first kappa shape index (κ1) is 18.9. The van der Waals surface area contributed by atoms with Crippen molar-refractivity contribution in [1.82, 2.24) is 5.32 Å². The second kappa shape index (κ2) is 16.0. The molecular formula is C16H32BrNO. The number of carbonyl (C=O) groups excluding carboxylic acids is 1. The van der Waals surface area contributed by atoms with E-state index in [0.29, 0.717) is 5.33 Å². The van der Waals surface area contributed by atoms with E-state index in [1.54, 1.807) is 0 Å². The highest BCUT2D eigenvalue weighted by molar-refractivity contribution is 9.09. The monoisotopic (exact) mass is 333 g/mol. The number of carbonyl (C=O) groups is 1. The Balaban J connectivity index is 2.97. The van der Waals surface area contributed by atoms with Crippen molar-refractivity contribution in [3.63, 3.8) is 0 Å². The summed E-state index contributed by atoms with van der Waals surface area (Å²) in [6.07, 6.45) is 16.3. The third-order valence-corrected chi connectivity index (χ3v) is 3.98. The predicted octanol–water partition coefficient (Wildman–Crippen LogP) is 5.20. The molecule has 0 unspecified atom stereocenters. The molecule has 0 fully saturated rings. The van der Waals surface area contributed by atoms with Gasteiger partial charge in [0.15, 0.2) is 0 Å². The lowest BCUT2D eigenvalue weighted by Crippen LogP contribution is -2.25. The second-order valence-electron chi connectivity index (χ2n) is 5.37. The maximum absolute atomic E-state index is 11.0. The number of alkyl halides is 1. The van der Waals surface area contributed by atoms with Crippen LogP contribution in [-0.2, 0) is 4.79 Å². The zero-order chi connectivity index (χ0) is 14.2. The van der Waals surface area contributed by atoms with Crippen LogP contribution in [0.3, 0.4) is 0 Å². The van der Waals surface area contributed by atoms with Gasteiger partial charge in [0.25, 0.3) is 0 Å². The summed E-state index contributed by atoms with van der Waals surface area (Å²) < 4.78 is 0. The van der Waals surface area contributed by atoms with Crippen molar-refractivity contribution in [2.24, 2.45) is 0 Å². The molecule has 0 aromatic rings. The summed E-state index contributed by atoms with van der Waals surface area (Å²) in [7, 11) is 0. The number of hydrogen-bond acceptors (Lipinski definition) is 1. The van der Waals surface area contributed by atoms with Gasteiger partial charge >= 0.3 is 0 Å².